The lowest BCUT2D eigenvalue weighted by atomic mass is 10.2. The van der Waals surface area contributed by atoms with E-state index in [1.165, 1.54) is 0 Å². The molecule has 108 valence electrons. The van der Waals surface area contributed by atoms with E-state index in [0.717, 1.165) is 43.3 Å². The van der Waals surface area contributed by atoms with Gasteiger partial charge < -0.3 is 15.0 Å². The first-order chi connectivity index (χ1) is 9.19. The Balaban J connectivity index is 3.11. The molecular formula is C14H26N4O. The van der Waals surface area contributed by atoms with Gasteiger partial charge in [0.05, 0.1) is 7.11 Å². The number of aromatic nitrogens is 2. The number of methoxy groups -OCH3 is 1. The Morgan fingerprint density at radius 1 is 1.32 bits per heavy atom. The second-order valence-electron chi connectivity index (χ2n) is 4.55. The molecule has 0 aliphatic rings. The van der Waals surface area contributed by atoms with E-state index >= 15 is 0 Å². The van der Waals surface area contributed by atoms with Gasteiger partial charge in [0.15, 0.2) is 11.6 Å². The fourth-order valence-corrected chi connectivity index (χ4v) is 2.02. The molecule has 19 heavy (non-hydrogen) atoms. The molecule has 0 aliphatic heterocycles. The zero-order chi connectivity index (χ0) is 14.3. The first-order valence-electron chi connectivity index (χ1n) is 7.08. The largest absolute Gasteiger partial charge is 0.490 e. The van der Waals surface area contributed by atoms with Crippen molar-refractivity contribution in [2.45, 2.75) is 46.6 Å². The van der Waals surface area contributed by atoms with E-state index in [1.807, 2.05) is 0 Å². The molecule has 5 nitrogen and oxygen atoms in total. The van der Waals surface area contributed by atoms with Gasteiger partial charge in [-0.3, -0.25) is 0 Å². The summed E-state index contributed by atoms with van der Waals surface area (Å²) < 4.78 is 5.52. The number of nitrogens with one attached hydrogen (secondary N) is 1. The minimum atomic E-state index is 0.424. The highest BCUT2D eigenvalue weighted by molar-refractivity contribution is 5.65. The van der Waals surface area contributed by atoms with Gasteiger partial charge in [0.2, 0.25) is 5.75 Å². The Bertz CT molecular complexity index is 384. The fourth-order valence-electron chi connectivity index (χ4n) is 2.02. The first-order valence-corrected chi connectivity index (χ1v) is 7.08. The van der Waals surface area contributed by atoms with Crippen molar-refractivity contribution in [2.24, 2.45) is 0 Å². The van der Waals surface area contributed by atoms with Crippen molar-refractivity contribution in [3.8, 4) is 5.75 Å². The van der Waals surface area contributed by atoms with Crippen molar-refractivity contribution >= 4 is 11.6 Å². The van der Waals surface area contributed by atoms with Gasteiger partial charge in [0.25, 0.3) is 0 Å². The summed E-state index contributed by atoms with van der Waals surface area (Å²) in [6, 6.07) is 0.424. The predicted molar refractivity (Wildman–Crippen MR) is 80.1 cm³/mol. The quantitative estimate of drug-likeness (QED) is 0.784. The van der Waals surface area contributed by atoms with E-state index in [9.17, 15) is 0 Å². The normalized spacial score (nSPS) is 12.1. The van der Waals surface area contributed by atoms with E-state index in [-0.39, 0.29) is 0 Å². The van der Waals surface area contributed by atoms with Crippen LogP contribution < -0.4 is 15.0 Å². The lowest BCUT2D eigenvalue weighted by molar-refractivity contribution is 0.410. The van der Waals surface area contributed by atoms with Gasteiger partial charge in [-0.05, 0) is 26.7 Å². The van der Waals surface area contributed by atoms with Crippen LogP contribution in [0.15, 0.2) is 6.33 Å². The second-order valence-corrected chi connectivity index (χ2v) is 4.55. The number of hydrogen-bond acceptors (Lipinski definition) is 5. The Morgan fingerprint density at radius 3 is 2.58 bits per heavy atom. The molecule has 1 N–H and O–H groups in total. The average molecular weight is 266 g/mol. The van der Waals surface area contributed by atoms with Crippen LogP contribution in [0.1, 0.15) is 40.5 Å². The Hall–Kier alpha value is -1.52. The van der Waals surface area contributed by atoms with Crippen LogP contribution in [0.3, 0.4) is 0 Å². The number of rotatable bonds is 8. The van der Waals surface area contributed by atoms with Gasteiger partial charge in [0.1, 0.15) is 6.33 Å². The molecule has 0 radical (unpaired) electrons. The minimum absolute atomic E-state index is 0.424. The van der Waals surface area contributed by atoms with Crippen molar-refractivity contribution in [1.82, 2.24) is 9.97 Å². The van der Waals surface area contributed by atoms with Crippen molar-refractivity contribution in [3.63, 3.8) is 0 Å². The smallest absolute Gasteiger partial charge is 0.204 e. The third kappa shape index (κ3) is 3.72. The lowest BCUT2D eigenvalue weighted by Crippen LogP contribution is -2.33. The summed E-state index contributed by atoms with van der Waals surface area (Å²) in [7, 11) is 1.67. The zero-order valence-corrected chi connectivity index (χ0v) is 12.7. The third-order valence-electron chi connectivity index (χ3n) is 3.27. The summed E-state index contributed by atoms with van der Waals surface area (Å²) in [5.74, 6) is 2.38. The molecule has 0 aliphatic carbocycles. The van der Waals surface area contributed by atoms with Crippen molar-refractivity contribution in [3.05, 3.63) is 6.33 Å². The number of anilines is 2. The van der Waals surface area contributed by atoms with Crippen LogP contribution in [-0.2, 0) is 0 Å². The molecule has 1 rings (SSSR count). The van der Waals surface area contributed by atoms with E-state index in [0.29, 0.717) is 6.04 Å². The van der Waals surface area contributed by atoms with Crippen LogP contribution in [0, 0.1) is 0 Å². The molecule has 0 fully saturated rings. The highest BCUT2D eigenvalue weighted by Gasteiger charge is 2.20. The molecule has 0 amide bonds. The molecule has 1 unspecified atom stereocenters. The molecule has 0 bridgehead atoms. The highest BCUT2D eigenvalue weighted by atomic mass is 16.5. The molecule has 1 heterocycles. The Labute approximate surface area is 116 Å². The Kier molecular flexibility index (Phi) is 6.39. The second kappa shape index (κ2) is 7.81. The van der Waals surface area contributed by atoms with Crippen molar-refractivity contribution in [2.75, 3.05) is 30.4 Å². The van der Waals surface area contributed by atoms with E-state index in [4.69, 9.17) is 4.74 Å². The monoisotopic (exact) mass is 266 g/mol. The summed E-state index contributed by atoms with van der Waals surface area (Å²) in [5.41, 5.74) is 0. The maximum atomic E-state index is 5.52. The van der Waals surface area contributed by atoms with Crippen LogP contribution in [0.25, 0.3) is 0 Å². The van der Waals surface area contributed by atoms with Gasteiger partial charge in [-0.1, -0.05) is 13.8 Å². The maximum absolute atomic E-state index is 5.52. The zero-order valence-electron chi connectivity index (χ0n) is 12.7. The minimum Gasteiger partial charge on any atom is -0.490 e. The van der Waals surface area contributed by atoms with Crippen LogP contribution in [-0.4, -0.2) is 36.2 Å². The van der Waals surface area contributed by atoms with Gasteiger partial charge in [0, 0.05) is 19.1 Å². The summed E-state index contributed by atoms with van der Waals surface area (Å²) in [4.78, 5) is 10.9. The van der Waals surface area contributed by atoms with E-state index in [1.54, 1.807) is 13.4 Å². The summed E-state index contributed by atoms with van der Waals surface area (Å²) in [6.45, 7) is 10.4. The summed E-state index contributed by atoms with van der Waals surface area (Å²) in [5, 5.41) is 3.29. The molecule has 1 aromatic rings. The molecule has 0 aromatic carbocycles. The van der Waals surface area contributed by atoms with Gasteiger partial charge in [-0.2, -0.15) is 0 Å². The van der Waals surface area contributed by atoms with Gasteiger partial charge in [-0.15, -0.1) is 0 Å². The molecule has 0 spiro atoms. The van der Waals surface area contributed by atoms with Crippen molar-refractivity contribution in [1.29, 1.82) is 0 Å². The predicted octanol–water partition coefficient (Wildman–Crippen LogP) is 2.93. The number of nitrogens with zero attached hydrogens (tertiary/aromatic N) is 3. The average Bonchev–Trinajstić information content (AvgIpc) is 2.45. The summed E-state index contributed by atoms with van der Waals surface area (Å²) in [6.07, 6.45) is 3.71. The van der Waals surface area contributed by atoms with Crippen molar-refractivity contribution < 1.29 is 4.74 Å². The van der Waals surface area contributed by atoms with Gasteiger partial charge in [-0.25, -0.2) is 9.97 Å². The van der Waals surface area contributed by atoms with E-state index < -0.39 is 0 Å². The van der Waals surface area contributed by atoms with Crippen LogP contribution >= 0.6 is 0 Å². The maximum Gasteiger partial charge on any atom is 0.204 e. The number of hydrogen-bond donors (Lipinski definition) is 1. The molecule has 5 heteroatoms. The molecule has 1 aromatic heterocycles. The first kappa shape index (κ1) is 15.5. The topological polar surface area (TPSA) is 50.3 Å². The van der Waals surface area contributed by atoms with Crippen LogP contribution in [0.4, 0.5) is 11.6 Å². The standard InChI is InChI=1S/C14H26N4O/c1-6-9-15-13-12(19-5)14(17-10-16-13)18(8-3)11(4)7-2/h10-11H,6-9H2,1-5H3,(H,15,16,17). The molecular weight excluding hydrogens is 240 g/mol. The van der Waals surface area contributed by atoms with Gasteiger partial charge >= 0.3 is 0 Å². The molecule has 0 saturated heterocycles. The Morgan fingerprint density at radius 2 is 2.05 bits per heavy atom. The third-order valence-corrected chi connectivity index (χ3v) is 3.27. The highest BCUT2D eigenvalue weighted by Crippen LogP contribution is 2.33. The SMILES string of the molecule is CCCNc1ncnc(N(CC)C(C)CC)c1OC. The van der Waals surface area contributed by atoms with Crippen LogP contribution in [0.2, 0.25) is 0 Å². The number of ether oxygens (including phenoxy) is 1. The molecule has 1 atom stereocenters. The lowest BCUT2D eigenvalue weighted by Gasteiger charge is -2.29. The molecule has 0 saturated carbocycles. The fraction of sp³-hybridized carbons (Fsp3) is 0.714. The van der Waals surface area contributed by atoms with E-state index in [2.05, 4.69) is 47.9 Å². The van der Waals surface area contributed by atoms with Crippen LogP contribution in [0.5, 0.6) is 5.75 Å². The summed E-state index contributed by atoms with van der Waals surface area (Å²) >= 11 is 0.